The summed E-state index contributed by atoms with van der Waals surface area (Å²) in [5.74, 6) is 1.89. The van der Waals surface area contributed by atoms with Crippen LogP contribution in [0.15, 0.2) is 33.0 Å². The molecule has 26 heavy (non-hydrogen) atoms. The molecule has 0 atom stereocenters. The van der Waals surface area contributed by atoms with Crippen molar-refractivity contribution in [2.75, 3.05) is 38.2 Å². The molecule has 0 saturated carbocycles. The molecule has 1 aromatic carbocycles. The Morgan fingerprint density at radius 2 is 2.08 bits per heavy atom. The highest BCUT2D eigenvalue weighted by Crippen LogP contribution is 2.33. The third-order valence-electron chi connectivity index (χ3n) is 5.54. The van der Waals surface area contributed by atoms with E-state index in [1.807, 2.05) is 36.1 Å². The van der Waals surface area contributed by atoms with Crippen LogP contribution in [0.4, 0.5) is 0 Å². The number of furan rings is 1. The largest absolute Gasteiger partial charge is 0.461 e. The van der Waals surface area contributed by atoms with Crippen molar-refractivity contribution in [1.82, 2.24) is 4.90 Å². The summed E-state index contributed by atoms with van der Waals surface area (Å²) in [4.78, 5) is 15.1. The van der Waals surface area contributed by atoms with Crippen LogP contribution in [-0.2, 0) is 14.5 Å². The van der Waals surface area contributed by atoms with Crippen LogP contribution in [0.2, 0.25) is 0 Å². The topological polar surface area (TPSA) is 72.1 Å². The van der Waals surface area contributed by atoms with Gasteiger partial charge in [0.2, 0.25) is 0 Å². The van der Waals surface area contributed by atoms with E-state index < -0.39 is 9.73 Å². The van der Waals surface area contributed by atoms with Gasteiger partial charge in [0.15, 0.2) is 0 Å². The van der Waals surface area contributed by atoms with Gasteiger partial charge in [0.25, 0.3) is 5.91 Å². The smallest absolute Gasteiger partial charge is 0.254 e. The van der Waals surface area contributed by atoms with E-state index >= 15 is 0 Å². The summed E-state index contributed by atoms with van der Waals surface area (Å²) in [7, 11) is -0.460. The molecular weight excluding hydrogens is 352 g/mol. The van der Waals surface area contributed by atoms with Gasteiger partial charge in [-0.05, 0) is 38.0 Å². The van der Waals surface area contributed by atoms with E-state index in [9.17, 15) is 9.00 Å². The molecule has 6 nitrogen and oxygen atoms in total. The number of hydrogen-bond acceptors (Lipinski definition) is 5. The number of nitrogens with zero attached hydrogens (tertiary/aromatic N) is 2. The van der Waals surface area contributed by atoms with Crippen LogP contribution < -0.4 is 0 Å². The van der Waals surface area contributed by atoms with Crippen molar-refractivity contribution in [1.29, 1.82) is 0 Å². The maximum Gasteiger partial charge on any atom is 0.254 e. The quantitative estimate of drug-likeness (QED) is 0.767. The molecule has 0 N–H and O–H groups in total. The van der Waals surface area contributed by atoms with E-state index in [1.54, 1.807) is 7.05 Å². The first-order valence-corrected chi connectivity index (χ1v) is 10.8. The number of carbonyl (C=O) groups excluding carboxylic acids is 1. The van der Waals surface area contributed by atoms with Crippen molar-refractivity contribution in [2.45, 2.75) is 25.4 Å². The van der Waals surface area contributed by atoms with Crippen molar-refractivity contribution < 1.29 is 18.2 Å². The first-order valence-electron chi connectivity index (χ1n) is 8.97. The van der Waals surface area contributed by atoms with Crippen molar-refractivity contribution in [3.8, 4) is 0 Å². The molecule has 2 aliphatic heterocycles. The molecule has 2 fully saturated rings. The summed E-state index contributed by atoms with van der Waals surface area (Å²) in [6, 6.07) is 7.50. The third-order valence-corrected chi connectivity index (χ3v) is 7.89. The Kier molecular flexibility index (Phi) is 4.31. The summed E-state index contributed by atoms with van der Waals surface area (Å²) in [5, 5.41) is 0.854. The minimum Gasteiger partial charge on any atom is -0.461 e. The Labute approximate surface area is 153 Å². The fraction of sp³-hybridized carbons (Fsp3) is 0.526. The number of hydrogen-bond donors (Lipinski definition) is 0. The zero-order valence-electron chi connectivity index (χ0n) is 15.2. The van der Waals surface area contributed by atoms with E-state index in [-0.39, 0.29) is 11.5 Å². The molecular formula is C19H24N2O4S. The molecule has 2 saturated heterocycles. The molecule has 0 aliphatic carbocycles. The second-order valence-electron chi connectivity index (χ2n) is 7.20. The summed E-state index contributed by atoms with van der Waals surface area (Å²) in [5.41, 5.74) is 1.01. The maximum absolute atomic E-state index is 13.2. The Morgan fingerprint density at radius 3 is 2.81 bits per heavy atom. The van der Waals surface area contributed by atoms with Crippen molar-refractivity contribution in [2.24, 2.45) is 4.36 Å². The molecule has 4 rings (SSSR count). The Bertz CT molecular complexity index is 957. The maximum atomic E-state index is 13.2. The molecule has 7 heteroatoms. The molecule has 0 unspecified atom stereocenters. The van der Waals surface area contributed by atoms with Gasteiger partial charge in [0.1, 0.15) is 11.3 Å². The Hall–Kier alpha value is -1.86. The Morgan fingerprint density at radius 1 is 1.31 bits per heavy atom. The lowest BCUT2D eigenvalue weighted by molar-refractivity contribution is -0.104. The van der Waals surface area contributed by atoms with Gasteiger partial charge in [-0.2, -0.15) is 0 Å². The minimum absolute atomic E-state index is 0.00515. The number of carbonyl (C=O) groups is 1. The highest BCUT2D eigenvalue weighted by atomic mass is 32.2. The van der Waals surface area contributed by atoms with E-state index in [4.69, 9.17) is 9.15 Å². The highest BCUT2D eigenvalue weighted by Gasteiger charge is 2.42. The zero-order chi connectivity index (χ0) is 18.4. The van der Waals surface area contributed by atoms with Crippen LogP contribution in [-0.4, -0.2) is 58.9 Å². The fourth-order valence-electron chi connectivity index (χ4n) is 3.97. The summed E-state index contributed by atoms with van der Waals surface area (Å²) in [6.07, 6.45) is 1.37. The average Bonchev–Trinajstić information content (AvgIpc) is 3.04. The fourth-order valence-corrected chi connectivity index (χ4v) is 5.92. The van der Waals surface area contributed by atoms with Gasteiger partial charge >= 0.3 is 0 Å². The summed E-state index contributed by atoms with van der Waals surface area (Å²) >= 11 is 0. The number of ether oxygens (including phenoxy) is 1. The molecule has 1 amide bonds. The molecule has 3 heterocycles. The van der Waals surface area contributed by atoms with Crippen LogP contribution in [0.25, 0.3) is 11.0 Å². The number of morpholine rings is 1. The van der Waals surface area contributed by atoms with Crippen LogP contribution in [0.3, 0.4) is 0 Å². The van der Waals surface area contributed by atoms with Gasteiger partial charge < -0.3 is 14.1 Å². The number of rotatable bonds is 1. The number of fused-ring (bicyclic) bond motifs is 1. The predicted molar refractivity (Wildman–Crippen MR) is 101 cm³/mol. The summed E-state index contributed by atoms with van der Waals surface area (Å²) < 4.78 is 28.3. The molecule has 140 valence electrons. The normalized spacial score (nSPS) is 29.2. The second kappa shape index (κ2) is 6.39. The predicted octanol–water partition coefficient (Wildman–Crippen LogP) is 2.84. The van der Waals surface area contributed by atoms with Crippen LogP contribution in [0, 0.1) is 6.92 Å². The first kappa shape index (κ1) is 17.5. The number of benzene rings is 1. The van der Waals surface area contributed by atoms with Crippen LogP contribution >= 0.6 is 0 Å². The van der Waals surface area contributed by atoms with Gasteiger partial charge in [-0.3, -0.25) is 4.79 Å². The van der Waals surface area contributed by atoms with Gasteiger partial charge in [-0.15, -0.1) is 0 Å². The lowest BCUT2D eigenvalue weighted by Crippen LogP contribution is -2.56. The van der Waals surface area contributed by atoms with Crippen molar-refractivity contribution in [3.63, 3.8) is 0 Å². The van der Waals surface area contributed by atoms with Crippen LogP contribution in [0.1, 0.15) is 29.0 Å². The van der Waals surface area contributed by atoms with Crippen molar-refractivity contribution >= 4 is 26.6 Å². The molecule has 2 aromatic rings. The van der Waals surface area contributed by atoms with Crippen LogP contribution in [0.5, 0.6) is 0 Å². The third kappa shape index (κ3) is 3.03. The monoisotopic (exact) mass is 376 g/mol. The number of aryl methyl sites for hydroxylation is 1. The van der Waals surface area contributed by atoms with Gasteiger partial charge in [0.05, 0.1) is 24.3 Å². The highest BCUT2D eigenvalue weighted by molar-refractivity contribution is 7.93. The lowest BCUT2D eigenvalue weighted by atomic mass is 9.93. The molecule has 0 bridgehead atoms. The second-order valence-corrected chi connectivity index (χ2v) is 9.92. The summed E-state index contributed by atoms with van der Waals surface area (Å²) in [6.45, 7) is 3.51. The molecule has 1 aromatic heterocycles. The first-order chi connectivity index (χ1) is 12.4. The standard InChI is InChI=1S/C19H24N2O4S/c1-14-12-16-15(4-3-5-17(16)25-14)18(22)21-8-9-24-19(13-21)6-10-26(23,20-2)11-7-19/h3-5,12H,6-11,13H2,1-2H3. The van der Waals surface area contributed by atoms with E-state index in [0.29, 0.717) is 49.6 Å². The molecule has 0 radical (unpaired) electrons. The molecule has 1 spiro atoms. The molecule has 2 aliphatic rings. The van der Waals surface area contributed by atoms with E-state index in [2.05, 4.69) is 4.36 Å². The zero-order valence-corrected chi connectivity index (χ0v) is 16.0. The number of amides is 1. The van der Waals surface area contributed by atoms with Gasteiger partial charge in [0, 0.05) is 40.2 Å². The SMILES string of the molecule is CN=S1(=O)CCC2(CC1)CN(C(=O)c1cccc3oc(C)cc13)CCO2. The minimum atomic E-state index is -2.09. The lowest BCUT2D eigenvalue weighted by Gasteiger charge is -2.45. The van der Waals surface area contributed by atoms with E-state index in [0.717, 1.165) is 16.7 Å². The van der Waals surface area contributed by atoms with Gasteiger partial charge in [-0.25, -0.2) is 8.57 Å². The van der Waals surface area contributed by atoms with Crippen molar-refractivity contribution in [3.05, 3.63) is 35.6 Å². The van der Waals surface area contributed by atoms with Gasteiger partial charge in [-0.1, -0.05) is 6.07 Å². The van der Waals surface area contributed by atoms with E-state index in [1.165, 1.54) is 0 Å². The Balaban J connectivity index is 1.58. The average molecular weight is 376 g/mol.